The van der Waals surface area contributed by atoms with Crippen molar-refractivity contribution in [2.24, 2.45) is 11.7 Å². The highest BCUT2D eigenvalue weighted by Gasteiger charge is 2.17. The maximum atomic E-state index is 11.1. The van der Waals surface area contributed by atoms with E-state index in [0.29, 0.717) is 19.0 Å². The van der Waals surface area contributed by atoms with E-state index in [4.69, 9.17) is 5.73 Å². The molecule has 0 atom stereocenters. The predicted molar refractivity (Wildman–Crippen MR) is 104 cm³/mol. The summed E-state index contributed by atoms with van der Waals surface area (Å²) < 4.78 is 0. The lowest BCUT2D eigenvalue weighted by molar-refractivity contribution is -0.144. The van der Waals surface area contributed by atoms with Crippen molar-refractivity contribution in [1.82, 2.24) is 14.7 Å². The lowest BCUT2D eigenvalue weighted by atomic mass is 10.1. The number of amides is 2. The van der Waals surface area contributed by atoms with Crippen molar-refractivity contribution < 1.29 is 9.59 Å². The highest BCUT2D eigenvalue weighted by molar-refractivity contribution is 6.34. The molecule has 2 N–H and O–H groups in total. The van der Waals surface area contributed by atoms with Crippen molar-refractivity contribution in [1.29, 1.82) is 0 Å². The van der Waals surface area contributed by atoms with Crippen LogP contribution in [0.1, 0.15) is 33.6 Å². The third-order valence-corrected chi connectivity index (χ3v) is 3.83. The standard InChI is InChI=1S/C11H20N2.C8H16N2O2/c1-12(2)9-10-13(3)11-7-5-4-6-8-11;1-4-10(5-6(2)3)8(12)7(9)11/h4-5,7H,6,8-10H2,1-3H3;6H,4-5H2,1-3H3,(H2,9,11). The van der Waals surface area contributed by atoms with Crippen LogP contribution < -0.4 is 5.73 Å². The Morgan fingerprint density at radius 2 is 1.84 bits per heavy atom. The minimum Gasteiger partial charge on any atom is -0.377 e. The van der Waals surface area contributed by atoms with Gasteiger partial charge in [-0.15, -0.1) is 0 Å². The summed E-state index contributed by atoms with van der Waals surface area (Å²) in [6.07, 6.45) is 8.99. The third-order valence-electron chi connectivity index (χ3n) is 3.83. The van der Waals surface area contributed by atoms with Gasteiger partial charge in [-0.05, 0) is 45.9 Å². The van der Waals surface area contributed by atoms with Gasteiger partial charge in [0, 0.05) is 38.9 Å². The second-order valence-electron chi connectivity index (χ2n) is 6.95. The van der Waals surface area contributed by atoms with Gasteiger partial charge in [0.15, 0.2) is 0 Å². The van der Waals surface area contributed by atoms with Crippen LogP contribution in [0.25, 0.3) is 0 Å². The Kier molecular flexibility index (Phi) is 11.6. The second-order valence-corrected chi connectivity index (χ2v) is 6.95. The Morgan fingerprint density at radius 1 is 1.20 bits per heavy atom. The van der Waals surface area contributed by atoms with Crippen molar-refractivity contribution >= 4 is 11.8 Å². The molecule has 0 aromatic heterocycles. The van der Waals surface area contributed by atoms with Gasteiger partial charge < -0.3 is 20.4 Å². The molecule has 0 unspecified atom stereocenters. The van der Waals surface area contributed by atoms with Gasteiger partial charge in [0.1, 0.15) is 0 Å². The van der Waals surface area contributed by atoms with Gasteiger partial charge in [-0.2, -0.15) is 0 Å². The number of carbonyl (C=O) groups excluding carboxylic acids is 2. The topological polar surface area (TPSA) is 69.9 Å². The highest BCUT2D eigenvalue weighted by atomic mass is 16.2. The molecular weight excluding hydrogens is 316 g/mol. The molecule has 0 heterocycles. The van der Waals surface area contributed by atoms with Crippen LogP contribution in [0.3, 0.4) is 0 Å². The quantitative estimate of drug-likeness (QED) is 0.708. The molecule has 1 aliphatic rings. The monoisotopic (exact) mass is 352 g/mol. The Bertz CT molecular complexity index is 470. The lowest BCUT2D eigenvalue weighted by Crippen LogP contribution is -2.41. The molecule has 0 aromatic carbocycles. The van der Waals surface area contributed by atoms with Crippen LogP contribution in [0.2, 0.25) is 0 Å². The maximum Gasteiger partial charge on any atom is 0.311 e. The van der Waals surface area contributed by atoms with Gasteiger partial charge in [0.25, 0.3) is 0 Å². The summed E-state index contributed by atoms with van der Waals surface area (Å²) in [7, 11) is 6.40. The number of hydrogen-bond acceptors (Lipinski definition) is 4. The number of allylic oxidation sites excluding steroid dienone is 4. The van der Waals surface area contributed by atoms with E-state index in [1.807, 2.05) is 20.8 Å². The average Bonchev–Trinajstić information content (AvgIpc) is 2.57. The molecule has 0 aromatic rings. The summed E-state index contributed by atoms with van der Waals surface area (Å²) >= 11 is 0. The SMILES string of the molecule is CCN(CC(C)C)C(=O)C(N)=O.CN(C)CCN(C)C1=CC=CCC1. The molecule has 2 amide bonds. The van der Waals surface area contributed by atoms with Crippen LogP contribution >= 0.6 is 0 Å². The van der Waals surface area contributed by atoms with Crippen LogP contribution in [0.4, 0.5) is 0 Å². The van der Waals surface area contributed by atoms with E-state index in [-0.39, 0.29) is 0 Å². The molecule has 25 heavy (non-hydrogen) atoms. The Labute approximate surface area is 153 Å². The first kappa shape index (κ1) is 23.2. The first-order chi connectivity index (χ1) is 11.7. The first-order valence-corrected chi connectivity index (χ1v) is 8.99. The first-order valence-electron chi connectivity index (χ1n) is 8.99. The summed E-state index contributed by atoms with van der Waals surface area (Å²) in [4.78, 5) is 27.6. The van der Waals surface area contributed by atoms with E-state index >= 15 is 0 Å². The van der Waals surface area contributed by atoms with Crippen molar-refractivity contribution in [2.75, 3.05) is 47.3 Å². The molecule has 1 rings (SSSR count). The molecule has 0 spiro atoms. The highest BCUT2D eigenvalue weighted by Crippen LogP contribution is 2.14. The number of carbonyl (C=O) groups is 2. The Balaban J connectivity index is 0.000000463. The number of nitrogens with two attached hydrogens (primary N) is 1. The number of primary amides is 1. The third kappa shape index (κ3) is 10.6. The largest absolute Gasteiger partial charge is 0.377 e. The van der Waals surface area contributed by atoms with Gasteiger partial charge >= 0.3 is 11.8 Å². The fourth-order valence-corrected chi connectivity index (χ4v) is 2.35. The van der Waals surface area contributed by atoms with E-state index in [0.717, 1.165) is 13.1 Å². The summed E-state index contributed by atoms with van der Waals surface area (Å²) in [5.74, 6) is -1.11. The molecule has 144 valence electrons. The molecule has 0 bridgehead atoms. The minimum atomic E-state index is -0.877. The van der Waals surface area contributed by atoms with E-state index in [1.54, 1.807) is 0 Å². The number of hydrogen-bond donors (Lipinski definition) is 1. The molecule has 0 radical (unpaired) electrons. The van der Waals surface area contributed by atoms with Gasteiger partial charge in [-0.3, -0.25) is 9.59 Å². The average molecular weight is 353 g/mol. The van der Waals surface area contributed by atoms with E-state index in [2.05, 4.69) is 49.2 Å². The zero-order chi connectivity index (χ0) is 19.4. The molecule has 0 aliphatic heterocycles. The smallest absolute Gasteiger partial charge is 0.311 e. The van der Waals surface area contributed by atoms with Crippen molar-refractivity contribution in [3.8, 4) is 0 Å². The molecular formula is C19H36N4O2. The van der Waals surface area contributed by atoms with Gasteiger partial charge in [-0.1, -0.05) is 26.0 Å². The summed E-state index contributed by atoms with van der Waals surface area (Å²) in [5.41, 5.74) is 6.32. The van der Waals surface area contributed by atoms with E-state index in [9.17, 15) is 9.59 Å². The molecule has 6 heteroatoms. The molecule has 6 nitrogen and oxygen atoms in total. The number of nitrogens with zero attached hydrogens (tertiary/aromatic N) is 3. The van der Waals surface area contributed by atoms with Crippen LogP contribution in [-0.4, -0.2) is 73.8 Å². The van der Waals surface area contributed by atoms with Crippen molar-refractivity contribution in [2.45, 2.75) is 33.6 Å². The Morgan fingerprint density at radius 3 is 2.24 bits per heavy atom. The minimum absolute atomic E-state index is 0.355. The zero-order valence-electron chi connectivity index (χ0n) is 16.8. The van der Waals surface area contributed by atoms with Crippen molar-refractivity contribution in [3.63, 3.8) is 0 Å². The molecule has 1 aliphatic carbocycles. The summed E-state index contributed by atoms with van der Waals surface area (Å²) in [5, 5.41) is 0. The molecule has 0 saturated carbocycles. The number of likely N-dealkylation sites (N-methyl/N-ethyl adjacent to an activating group) is 3. The van der Waals surface area contributed by atoms with Gasteiger partial charge in [-0.25, -0.2) is 0 Å². The fraction of sp³-hybridized carbons (Fsp3) is 0.684. The van der Waals surface area contributed by atoms with Gasteiger partial charge in [0.05, 0.1) is 0 Å². The van der Waals surface area contributed by atoms with Crippen LogP contribution in [0.15, 0.2) is 23.9 Å². The fourth-order valence-electron chi connectivity index (χ4n) is 2.35. The van der Waals surface area contributed by atoms with Crippen LogP contribution in [-0.2, 0) is 9.59 Å². The predicted octanol–water partition coefficient (Wildman–Crippen LogP) is 1.69. The number of rotatable bonds is 7. The zero-order valence-corrected chi connectivity index (χ0v) is 16.8. The Hall–Kier alpha value is -1.82. The van der Waals surface area contributed by atoms with Crippen molar-refractivity contribution in [3.05, 3.63) is 23.9 Å². The summed E-state index contributed by atoms with van der Waals surface area (Å²) in [6.45, 7) is 9.14. The van der Waals surface area contributed by atoms with Gasteiger partial charge in [0.2, 0.25) is 0 Å². The second kappa shape index (κ2) is 12.5. The van der Waals surface area contributed by atoms with E-state index in [1.165, 1.54) is 23.4 Å². The summed E-state index contributed by atoms with van der Waals surface area (Å²) in [6, 6.07) is 0. The lowest BCUT2D eigenvalue weighted by Gasteiger charge is -2.25. The molecule has 0 fully saturated rings. The molecule has 0 saturated heterocycles. The van der Waals surface area contributed by atoms with E-state index < -0.39 is 11.8 Å². The van der Waals surface area contributed by atoms with Crippen LogP contribution in [0.5, 0.6) is 0 Å². The normalized spacial score (nSPS) is 13.2. The maximum absolute atomic E-state index is 11.1. The van der Waals surface area contributed by atoms with Crippen LogP contribution in [0, 0.1) is 5.92 Å².